The normalized spacial score (nSPS) is 22.8. The van der Waals surface area contributed by atoms with Crippen molar-refractivity contribution < 1.29 is 0 Å². The SMILES string of the molecule is C(=N[C@@H]1CCCCNC1)c1ccccc1. The molecule has 2 heteroatoms. The number of nitrogens with one attached hydrogen (secondary N) is 1. The molecule has 0 amide bonds. The molecule has 1 aliphatic heterocycles. The van der Waals surface area contributed by atoms with Gasteiger partial charge in [0.05, 0.1) is 6.04 Å². The van der Waals surface area contributed by atoms with Crippen LogP contribution < -0.4 is 5.32 Å². The van der Waals surface area contributed by atoms with Crippen LogP contribution in [0.15, 0.2) is 35.3 Å². The van der Waals surface area contributed by atoms with Gasteiger partial charge in [-0.1, -0.05) is 36.8 Å². The molecule has 0 unspecified atom stereocenters. The molecule has 1 N–H and O–H groups in total. The molecule has 1 aromatic carbocycles. The fraction of sp³-hybridized carbons (Fsp3) is 0.462. The molecule has 1 aliphatic rings. The maximum Gasteiger partial charge on any atom is 0.0624 e. The molecule has 0 spiro atoms. The Bertz CT molecular complexity index is 298. The predicted molar refractivity (Wildman–Crippen MR) is 64.5 cm³/mol. The van der Waals surface area contributed by atoms with Gasteiger partial charge >= 0.3 is 0 Å². The molecule has 1 atom stereocenters. The number of rotatable bonds is 2. The van der Waals surface area contributed by atoms with Crippen molar-refractivity contribution in [1.82, 2.24) is 5.32 Å². The minimum absolute atomic E-state index is 0.465. The number of benzene rings is 1. The third-order valence-corrected chi connectivity index (χ3v) is 2.75. The van der Waals surface area contributed by atoms with E-state index in [0.29, 0.717) is 6.04 Å². The van der Waals surface area contributed by atoms with Crippen LogP contribution in [0.25, 0.3) is 0 Å². The van der Waals surface area contributed by atoms with Crippen LogP contribution in [0.4, 0.5) is 0 Å². The molecule has 1 heterocycles. The van der Waals surface area contributed by atoms with Gasteiger partial charge in [-0.05, 0) is 24.9 Å². The molecule has 0 bridgehead atoms. The van der Waals surface area contributed by atoms with E-state index in [-0.39, 0.29) is 0 Å². The summed E-state index contributed by atoms with van der Waals surface area (Å²) in [7, 11) is 0. The van der Waals surface area contributed by atoms with Crippen LogP contribution in [-0.2, 0) is 0 Å². The maximum absolute atomic E-state index is 4.63. The van der Waals surface area contributed by atoms with Gasteiger partial charge in [-0.3, -0.25) is 4.99 Å². The first-order valence-electron chi connectivity index (χ1n) is 5.74. The molecule has 0 saturated carbocycles. The quantitative estimate of drug-likeness (QED) is 0.731. The lowest BCUT2D eigenvalue weighted by atomic mass is 10.1. The van der Waals surface area contributed by atoms with Crippen molar-refractivity contribution in [2.45, 2.75) is 25.3 Å². The molecule has 15 heavy (non-hydrogen) atoms. The zero-order chi connectivity index (χ0) is 10.3. The molecule has 80 valence electrons. The minimum Gasteiger partial charge on any atom is -0.315 e. The first-order chi connectivity index (χ1) is 7.45. The second kappa shape index (κ2) is 5.66. The average molecular weight is 202 g/mol. The number of aliphatic imine (C=N–C) groups is 1. The largest absolute Gasteiger partial charge is 0.315 e. The van der Waals surface area contributed by atoms with E-state index in [0.717, 1.165) is 13.1 Å². The second-order valence-electron chi connectivity index (χ2n) is 4.04. The van der Waals surface area contributed by atoms with E-state index in [4.69, 9.17) is 0 Å². The Balaban J connectivity index is 1.92. The Hall–Kier alpha value is -1.15. The minimum atomic E-state index is 0.465. The summed E-state index contributed by atoms with van der Waals surface area (Å²) in [6.07, 6.45) is 5.80. The topological polar surface area (TPSA) is 24.4 Å². The van der Waals surface area contributed by atoms with Crippen LogP contribution in [0, 0.1) is 0 Å². The summed E-state index contributed by atoms with van der Waals surface area (Å²) in [6, 6.07) is 10.8. The third kappa shape index (κ3) is 3.48. The Kier molecular flexibility index (Phi) is 3.92. The van der Waals surface area contributed by atoms with E-state index in [1.165, 1.54) is 24.8 Å². The second-order valence-corrected chi connectivity index (χ2v) is 4.04. The Morgan fingerprint density at radius 3 is 2.93 bits per heavy atom. The van der Waals surface area contributed by atoms with Crippen molar-refractivity contribution in [3.63, 3.8) is 0 Å². The zero-order valence-corrected chi connectivity index (χ0v) is 9.02. The summed E-state index contributed by atoms with van der Waals surface area (Å²) in [5.74, 6) is 0. The van der Waals surface area contributed by atoms with Crippen LogP contribution in [-0.4, -0.2) is 25.3 Å². The van der Waals surface area contributed by atoms with Crippen molar-refractivity contribution in [1.29, 1.82) is 0 Å². The van der Waals surface area contributed by atoms with Crippen molar-refractivity contribution in [3.8, 4) is 0 Å². The monoisotopic (exact) mass is 202 g/mol. The van der Waals surface area contributed by atoms with Crippen LogP contribution in [0.5, 0.6) is 0 Å². The molecular formula is C13H18N2. The Morgan fingerprint density at radius 2 is 2.07 bits per heavy atom. The summed E-state index contributed by atoms with van der Waals surface area (Å²) in [6.45, 7) is 2.18. The van der Waals surface area contributed by atoms with E-state index in [1.54, 1.807) is 0 Å². The van der Waals surface area contributed by atoms with Gasteiger partial charge < -0.3 is 5.32 Å². The lowest BCUT2D eigenvalue weighted by Crippen LogP contribution is -2.23. The molecule has 0 aromatic heterocycles. The van der Waals surface area contributed by atoms with Crippen molar-refractivity contribution in [3.05, 3.63) is 35.9 Å². The lowest BCUT2D eigenvalue weighted by molar-refractivity contribution is 0.605. The smallest absolute Gasteiger partial charge is 0.0624 e. The molecule has 1 aromatic rings. The summed E-state index contributed by atoms with van der Waals surface area (Å²) in [4.78, 5) is 4.63. The predicted octanol–water partition coefficient (Wildman–Crippen LogP) is 2.25. The van der Waals surface area contributed by atoms with E-state index in [1.807, 2.05) is 24.4 Å². The molecule has 2 nitrogen and oxygen atoms in total. The molecular weight excluding hydrogens is 184 g/mol. The summed E-state index contributed by atoms with van der Waals surface area (Å²) < 4.78 is 0. The van der Waals surface area contributed by atoms with Gasteiger partial charge in [-0.2, -0.15) is 0 Å². The van der Waals surface area contributed by atoms with E-state index in [2.05, 4.69) is 22.4 Å². The van der Waals surface area contributed by atoms with Crippen molar-refractivity contribution in [2.75, 3.05) is 13.1 Å². The van der Waals surface area contributed by atoms with Gasteiger partial charge in [-0.25, -0.2) is 0 Å². The first kappa shape index (κ1) is 10.4. The van der Waals surface area contributed by atoms with Gasteiger partial charge in [0.2, 0.25) is 0 Å². The highest BCUT2D eigenvalue weighted by Crippen LogP contribution is 2.07. The van der Waals surface area contributed by atoms with Crippen LogP contribution in [0.2, 0.25) is 0 Å². The van der Waals surface area contributed by atoms with Gasteiger partial charge in [0.25, 0.3) is 0 Å². The fourth-order valence-corrected chi connectivity index (χ4v) is 1.86. The third-order valence-electron chi connectivity index (χ3n) is 2.75. The number of hydrogen-bond donors (Lipinski definition) is 1. The molecule has 0 aliphatic carbocycles. The van der Waals surface area contributed by atoms with Gasteiger partial charge in [0.1, 0.15) is 0 Å². The first-order valence-corrected chi connectivity index (χ1v) is 5.74. The van der Waals surface area contributed by atoms with Gasteiger partial charge in [0.15, 0.2) is 0 Å². The maximum atomic E-state index is 4.63. The van der Waals surface area contributed by atoms with Crippen LogP contribution >= 0.6 is 0 Å². The Morgan fingerprint density at radius 1 is 1.20 bits per heavy atom. The summed E-state index contributed by atoms with van der Waals surface area (Å²) >= 11 is 0. The summed E-state index contributed by atoms with van der Waals surface area (Å²) in [5.41, 5.74) is 1.20. The molecule has 2 rings (SSSR count). The van der Waals surface area contributed by atoms with E-state index in [9.17, 15) is 0 Å². The molecule has 1 saturated heterocycles. The molecule has 0 radical (unpaired) electrons. The highest BCUT2D eigenvalue weighted by atomic mass is 14.9. The highest BCUT2D eigenvalue weighted by molar-refractivity contribution is 5.79. The number of nitrogens with zero attached hydrogens (tertiary/aromatic N) is 1. The van der Waals surface area contributed by atoms with Gasteiger partial charge in [-0.15, -0.1) is 0 Å². The lowest BCUT2D eigenvalue weighted by Gasteiger charge is -2.07. The molecule has 1 fully saturated rings. The van der Waals surface area contributed by atoms with Crippen LogP contribution in [0.1, 0.15) is 24.8 Å². The zero-order valence-electron chi connectivity index (χ0n) is 9.02. The highest BCUT2D eigenvalue weighted by Gasteiger charge is 2.08. The van der Waals surface area contributed by atoms with E-state index >= 15 is 0 Å². The van der Waals surface area contributed by atoms with E-state index < -0.39 is 0 Å². The fourth-order valence-electron chi connectivity index (χ4n) is 1.86. The average Bonchev–Trinajstić information content (AvgIpc) is 2.56. The van der Waals surface area contributed by atoms with Gasteiger partial charge in [0, 0.05) is 12.8 Å². The number of hydrogen-bond acceptors (Lipinski definition) is 2. The van der Waals surface area contributed by atoms with Crippen LogP contribution in [0.3, 0.4) is 0 Å². The Labute approximate surface area is 91.4 Å². The van der Waals surface area contributed by atoms with Crippen molar-refractivity contribution in [2.24, 2.45) is 4.99 Å². The van der Waals surface area contributed by atoms with Crippen molar-refractivity contribution >= 4 is 6.21 Å². The standard InChI is InChI=1S/C13H18N2/c1-2-6-12(7-3-1)10-15-13-8-4-5-9-14-11-13/h1-3,6-7,10,13-14H,4-5,8-9,11H2/t13-/m1/s1. The summed E-state index contributed by atoms with van der Waals surface area (Å²) in [5, 5.41) is 3.42.